The number of hydrogen-bond donors (Lipinski definition) is 3. The molecule has 0 aromatic carbocycles. The molecule has 4 N–H and O–H groups in total. The molecule has 0 spiro atoms. The molecule has 0 aliphatic carbocycles. The summed E-state index contributed by atoms with van der Waals surface area (Å²) < 4.78 is 2.95. The standard InChI is InChI=1S/C24H31N7OS/c1-16(25)10-12-27-21-9-7-19-22(29-21)31-15-17(13-24(31,2)3)5-4-11-26-20-8-6-18(14-28-20)33-30-23(19)32/h6-10,12,14,17H,4-5,11,13,15,25H2,1-3H3,(H,26,28)(H,30,32)/b16-10-,27-12?. The molecule has 33 heavy (non-hydrogen) atoms. The van der Waals surface area contributed by atoms with E-state index in [-0.39, 0.29) is 11.4 Å². The second-order valence-corrected chi connectivity index (χ2v) is 10.1. The number of pyridine rings is 2. The molecule has 1 saturated heterocycles. The fourth-order valence-electron chi connectivity index (χ4n) is 4.39. The third-order valence-corrected chi connectivity index (χ3v) is 6.72. The van der Waals surface area contributed by atoms with Crippen LogP contribution in [-0.4, -0.2) is 40.7 Å². The van der Waals surface area contributed by atoms with Crippen LogP contribution in [0.25, 0.3) is 0 Å². The average molecular weight is 466 g/mol. The van der Waals surface area contributed by atoms with Gasteiger partial charge in [0.2, 0.25) is 0 Å². The summed E-state index contributed by atoms with van der Waals surface area (Å²) in [7, 11) is 0. The molecule has 5 rings (SSSR count). The van der Waals surface area contributed by atoms with Crippen molar-refractivity contribution in [1.82, 2.24) is 14.7 Å². The molecule has 1 unspecified atom stereocenters. The minimum Gasteiger partial charge on any atom is -0.402 e. The number of fused-ring (bicyclic) bond motifs is 7. The maximum absolute atomic E-state index is 13.2. The minimum absolute atomic E-state index is 0.121. The SMILES string of the molecule is C/C(N)=C/C=Nc1ccc2c(n1)N1CC(CCCNc3ccc(cn3)SNC2=O)CC1(C)C. The molecular weight excluding hydrogens is 434 g/mol. The first-order valence-corrected chi connectivity index (χ1v) is 12.1. The number of amides is 1. The van der Waals surface area contributed by atoms with Crippen LogP contribution >= 0.6 is 11.9 Å². The molecule has 1 amide bonds. The fraction of sp³-hybridized carbons (Fsp3) is 0.417. The van der Waals surface area contributed by atoms with Gasteiger partial charge in [-0.2, -0.15) is 0 Å². The van der Waals surface area contributed by atoms with Crippen molar-refractivity contribution in [2.24, 2.45) is 16.6 Å². The van der Waals surface area contributed by atoms with E-state index in [1.165, 1.54) is 11.9 Å². The van der Waals surface area contributed by atoms with Gasteiger partial charge in [0.25, 0.3) is 5.91 Å². The van der Waals surface area contributed by atoms with Crippen molar-refractivity contribution in [2.75, 3.05) is 23.3 Å². The third kappa shape index (κ3) is 5.65. The molecule has 1 fully saturated rings. The zero-order valence-corrected chi connectivity index (χ0v) is 20.2. The first kappa shape index (κ1) is 23.1. The predicted octanol–water partition coefficient (Wildman–Crippen LogP) is 4.29. The van der Waals surface area contributed by atoms with Crippen molar-refractivity contribution in [3.63, 3.8) is 0 Å². The number of carbonyl (C=O) groups is 1. The van der Waals surface area contributed by atoms with Gasteiger partial charge in [0.15, 0.2) is 5.82 Å². The van der Waals surface area contributed by atoms with Crippen LogP contribution in [0.3, 0.4) is 0 Å². The van der Waals surface area contributed by atoms with E-state index in [1.54, 1.807) is 31.5 Å². The van der Waals surface area contributed by atoms with Gasteiger partial charge in [0, 0.05) is 41.6 Å². The second-order valence-electron chi connectivity index (χ2n) is 9.20. The van der Waals surface area contributed by atoms with Crippen molar-refractivity contribution in [1.29, 1.82) is 0 Å². The van der Waals surface area contributed by atoms with E-state index in [0.29, 0.717) is 28.8 Å². The van der Waals surface area contributed by atoms with Gasteiger partial charge in [-0.05, 0) is 88.2 Å². The molecule has 1 atom stereocenters. The first-order chi connectivity index (χ1) is 15.8. The van der Waals surface area contributed by atoms with Crippen LogP contribution in [0.4, 0.5) is 17.5 Å². The summed E-state index contributed by atoms with van der Waals surface area (Å²) in [5.41, 5.74) is 6.79. The van der Waals surface area contributed by atoms with Gasteiger partial charge in [0.1, 0.15) is 11.6 Å². The highest BCUT2D eigenvalue weighted by molar-refractivity contribution is 7.98. The largest absolute Gasteiger partial charge is 0.402 e. The Bertz CT molecular complexity index is 1060. The lowest BCUT2D eigenvalue weighted by atomic mass is 9.93. The van der Waals surface area contributed by atoms with E-state index in [9.17, 15) is 4.79 Å². The fourth-order valence-corrected chi connectivity index (χ4v) is 4.95. The van der Waals surface area contributed by atoms with Gasteiger partial charge in [-0.1, -0.05) is 0 Å². The number of nitrogens with one attached hydrogen (secondary N) is 2. The molecule has 0 saturated carbocycles. The number of allylic oxidation sites excluding steroid dienone is 2. The molecule has 8 nitrogen and oxygen atoms in total. The van der Waals surface area contributed by atoms with E-state index in [2.05, 4.69) is 38.8 Å². The van der Waals surface area contributed by atoms with Crippen molar-refractivity contribution >= 4 is 41.5 Å². The molecule has 2 aromatic heterocycles. The number of nitrogens with two attached hydrogens (primary N) is 1. The molecule has 2 aromatic rings. The Morgan fingerprint density at radius 3 is 2.94 bits per heavy atom. The minimum atomic E-state index is -0.190. The topological polar surface area (TPSA) is 109 Å². The second kappa shape index (κ2) is 9.82. The zero-order valence-electron chi connectivity index (χ0n) is 19.3. The van der Waals surface area contributed by atoms with Crippen LogP contribution in [0.15, 0.2) is 52.1 Å². The highest BCUT2D eigenvalue weighted by Gasteiger charge is 2.40. The molecule has 4 bridgehead atoms. The van der Waals surface area contributed by atoms with Gasteiger partial charge in [-0.25, -0.2) is 15.0 Å². The maximum Gasteiger partial charge on any atom is 0.265 e. The van der Waals surface area contributed by atoms with Gasteiger partial charge >= 0.3 is 0 Å². The molecular formula is C24H31N7OS. The number of aromatic nitrogens is 2. The first-order valence-electron chi connectivity index (χ1n) is 11.2. The van der Waals surface area contributed by atoms with Crippen LogP contribution in [0.1, 0.15) is 50.4 Å². The highest BCUT2D eigenvalue weighted by atomic mass is 32.2. The molecule has 3 aliphatic rings. The van der Waals surface area contributed by atoms with Crippen molar-refractivity contribution in [3.8, 4) is 0 Å². The molecule has 5 heterocycles. The average Bonchev–Trinajstić information content (AvgIpc) is 3.09. The third-order valence-electron chi connectivity index (χ3n) is 5.96. The van der Waals surface area contributed by atoms with Gasteiger partial charge in [-0.3, -0.25) is 9.52 Å². The normalized spacial score (nSPS) is 21.1. The molecule has 3 aliphatic heterocycles. The summed E-state index contributed by atoms with van der Waals surface area (Å²) in [6.45, 7) is 7.99. The summed E-state index contributed by atoms with van der Waals surface area (Å²) in [5, 5.41) is 3.39. The van der Waals surface area contributed by atoms with E-state index in [1.807, 2.05) is 18.2 Å². The van der Waals surface area contributed by atoms with E-state index < -0.39 is 0 Å². The summed E-state index contributed by atoms with van der Waals surface area (Å²) >= 11 is 1.25. The summed E-state index contributed by atoms with van der Waals surface area (Å²) in [5.74, 6) is 2.40. The van der Waals surface area contributed by atoms with E-state index in [0.717, 1.165) is 43.1 Å². The maximum atomic E-state index is 13.2. The lowest BCUT2D eigenvalue weighted by molar-refractivity contribution is 0.0984. The number of hydrogen-bond acceptors (Lipinski definition) is 8. The number of anilines is 2. The number of rotatable bonds is 2. The number of nitrogens with zero attached hydrogens (tertiary/aromatic N) is 4. The Morgan fingerprint density at radius 1 is 1.33 bits per heavy atom. The van der Waals surface area contributed by atoms with Gasteiger partial charge in [0.05, 0.1) is 5.56 Å². The van der Waals surface area contributed by atoms with Crippen molar-refractivity contribution in [3.05, 3.63) is 47.8 Å². The van der Waals surface area contributed by atoms with Crippen molar-refractivity contribution in [2.45, 2.75) is 50.5 Å². The quantitative estimate of drug-likeness (QED) is 0.448. The van der Waals surface area contributed by atoms with Crippen LogP contribution in [0.5, 0.6) is 0 Å². The number of carbonyl (C=O) groups excluding carboxylic acids is 1. The lowest BCUT2D eigenvalue weighted by Crippen LogP contribution is -2.40. The van der Waals surface area contributed by atoms with Crippen LogP contribution in [0.2, 0.25) is 0 Å². The smallest absolute Gasteiger partial charge is 0.265 e. The summed E-state index contributed by atoms with van der Waals surface area (Å²) in [6.07, 6.45) is 8.32. The predicted molar refractivity (Wildman–Crippen MR) is 135 cm³/mol. The van der Waals surface area contributed by atoms with Crippen LogP contribution < -0.4 is 20.7 Å². The Labute approximate surface area is 199 Å². The van der Waals surface area contributed by atoms with Gasteiger partial charge < -0.3 is 16.0 Å². The Hall–Kier alpha value is -3.07. The molecule has 174 valence electrons. The summed E-state index contributed by atoms with van der Waals surface area (Å²) in [4.78, 5) is 30.0. The number of aliphatic imine (C=N–C) groups is 1. The molecule has 0 radical (unpaired) electrons. The Balaban J connectivity index is 1.71. The van der Waals surface area contributed by atoms with E-state index >= 15 is 0 Å². The van der Waals surface area contributed by atoms with Crippen LogP contribution in [0, 0.1) is 5.92 Å². The van der Waals surface area contributed by atoms with Crippen molar-refractivity contribution < 1.29 is 4.79 Å². The summed E-state index contributed by atoms with van der Waals surface area (Å²) in [6, 6.07) is 7.46. The highest BCUT2D eigenvalue weighted by Crippen LogP contribution is 2.40. The zero-order chi connectivity index (χ0) is 23.4. The Kier molecular flexibility index (Phi) is 6.88. The van der Waals surface area contributed by atoms with Gasteiger partial charge in [-0.15, -0.1) is 0 Å². The Morgan fingerprint density at radius 2 is 2.18 bits per heavy atom. The molecule has 9 heteroatoms. The monoisotopic (exact) mass is 465 g/mol. The van der Waals surface area contributed by atoms with Crippen LogP contribution in [-0.2, 0) is 0 Å². The lowest BCUT2D eigenvalue weighted by Gasteiger charge is -2.33. The van der Waals surface area contributed by atoms with E-state index in [4.69, 9.17) is 10.7 Å².